The zero-order valence-corrected chi connectivity index (χ0v) is 17.6. The van der Waals surface area contributed by atoms with Crippen LogP contribution in [0, 0.1) is 18.3 Å². The number of carbonyl (C=O) groups is 3. The summed E-state index contributed by atoms with van der Waals surface area (Å²) in [5.41, 5.74) is 1.49. The fraction of sp³-hybridized carbons (Fsp3) is 0.286. The molecule has 0 saturated heterocycles. The van der Waals surface area contributed by atoms with Gasteiger partial charge in [0, 0.05) is 17.2 Å². The number of hydrogen-bond donors (Lipinski definition) is 1. The van der Waals surface area contributed by atoms with Gasteiger partial charge < -0.3 is 14.8 Å². The number of amides is 1. The first-order valence-electron chi connectivity index (χ1n) is 8.97. The number of benzene rings is 1. The van der Waals surface area contributed by atoms with E-state index < -0.39 is 36.2 Å². The molecule has 0 spiro atoms. The number of aromatic nitrogens is 1. The van der Waals surface area contributed by atoms with Crippen molar-refractivity contribution in [3.05, 3.63) is 52.0 Å². The van der Waals surface area contributed by atoms with E-state index in [0.29, 0.717) is 16.5 Å². The molecule has 1 N–H and O–H groups in total. The van der Waals surface area contributed by atoms with Crippen molar-refractivity contribution in [2.24, 2.45) is 0 Å². The molecular weight excluding hydrogens is 406 g/mol. The molecule has 0 fully saturated rings. The lowest BCUT2D eigenvalue weighted by molar-refractivity contribution is -0.150. The van der Waals surface area contributed by atoms with Gasteiger partial charge in [0.05, 0.1) is 13.2 Å². The molecule has 1 heterocycles. The summed E-state index contributed by atoms with van der Waals surface area (Å²) >= 11 is 1.20. The minimum Gasteiger partial charge on any atom is -0.497 e. The molecule has 0 bridgehead atoms. The van der Waals surface area contributed by atoms with E-state index in [9.17, 15) is 19.6 Å². The zero-order chi connectivity index (χ0) is 22.1. The van der Waals surface area contributed by atoms with Crippen LogP contribution in [-0.2, 0) is 19.1 Å². The summed E-state index contributed by atoms with van der Waals surface area (Å²) in [6.45, 7) is 2.63. The highest BCUT2D eigenvalue weighted by atomic mass is 32.1. The molecule has 30 heavy (non-hydrogen) atoms. The highest BCUT2D eigenvalue weighted by Gasteiger charge is 2.25. The van der Waals surface area contributed by atoms with Crippen molar-refractivity contribution in [2.45, 2.75) is 25.8 Å². The highest BCUT2D eigenvalue weighted by Crippen LogP contribution is 2.20. The van der Waals surface area contributed by atoms with E-state index in [4.69, 9.17) is 9.47 Å². The Morgan fingerprint density at radius 1 is 1.30 bits per heavy atom. The SMILES string of the molecule is COc1ccc(/C=C/C(=O)N[C@H](C)C(=O)OCC(=O)[C@H](C#N)c2nc(C)cs2)cc1. The van der Waals surface area contributed by atoms with Gasteiger partial charge in [-0.05, 0) is 37.6 Å². The van der Waals surface area contributed by atoms with Crippen molar-refractivity contribution in [3.8, 4) is 11.8 Å². The number of thiazole rings is 1. The van der Waals surface area contributed by atoms with E-state index in [0.717, 1.165) is 5.56 Å². The molecule has 2 rings (SSSR count). The lowest BCUT2D eigenvalue weighted by Crippen LogP contribution is -2.39. The molecule has 0 unspecified atom stereocenters. The summed E-state index contributed by atoms with van der Waals surface area (Å²) < 4.78 is 10.0. The zero-order valence-electron chi connectivity index (χ0n) is 16.7. The van der Waals surface area contributed by atoms with Gasteiger partial charge >= 0.3 is 5.97 Å². The standard InChI is InChI=1S/C21H21N3O5S/c1-13-12-30-20(23-13)17(10-22)18(25)11-29-21(27)14(2)24-19(26)9-6-15-4-7-16(28-3)8-5-15/h4-9,12,14,17H,11H2,1-3H3,(H,24,26)/b9-6+/t14-,17+/m1/s1. The summed E-state index contributed by atoms with van der Waals surface area (Å²) in [6, 6.07) is 7.99. The quantitative estimate of drug-likeness (QED) is 0.482. The molecule has 2 atom stereocenters. The third kappa shape index (κ3) is 6.53. The molecule has 156 valence electrons. The molecule has 0 radical (unpaired) electrons. The summed E-state index contributed by atoms with van der Waals surface area (Å²) in [7, 11) is 1.56. The lowest BCUT2D eigenvalue weighted by Gasteiger charge is -2.12. The van der Waals surface area contributed by atoms with E-state index in [-0.39, 0.29) is 0 Å². The average Bonchev–Trinajstić information content (AvgIpc) is 3.17. The Morgan fingerprint density at radius 2 is 2.00 bits per heavy atom. The number of nitriles is 1. The van der Waals surface area contributed by atoms with Crippen molar-refractivity contribution in [2.75, 3.05) is 13.7 Å². The summed E-state index contributed by atoms with van der Waals surface area (Å²) in [5, 5.41) is 13.8. The Balaban J connectivity index is 1.83. The first kappa shape index (κ1) is 22.8. The van der Waals surface area contributed by atoms with Gasteiger partial charge in [-0.1, -0.05) is 12.1 Å². The highest BCUT2D eigenvalue weighted by molar-refractivity contribution is 7.09. The van der Waals surface area contributed by atoms with E-state index >= 15 is 0 Å². The third-order valence-corrected chi connectivity index (χ3v) is 4.97. The number of esters is 1. The third-order valence-electron chi connectivity index (χ3n) is 3.95. The predicted octanol–water partition coefficient (Wildman–Crippen LogP) is 2.40. The maximum atomic E-state index is 12.2. The second-order valence-corrected chi connectivity index (χ2v) is 7.19. The number of methoxy groups -OCH3 is 1. The molecule has 0 aliphatic heterocycles. The Hall–Kier alpha value is -3.51. The molecule has 1 aromatic heterocycles. The van der Waals surface area contributed by atoms with Gasteiger partial charge in [0.2, 0.25) is 5.91 Å². The summed E-state index contributed by atoms with van der Waals surface area (Å²) in [5.74, 6) is -2.23. The molecule has 0 aliphatic rings. The van der Waals surface area contributed by atoms with Crippen LogP contribution in [0.1, 0.15) is 29.1 Å². The van der Waals surface area contributed by atoms with Gasteiger partial charge in [0.15, 0.2) is 18.3 Å². The van der Waals surface area contributed by atoms with E-state index in [2.05, 4.69) is 10.3 Å². The van der Waals surface area contributed by atoms with Crippen LogP contribution in [-0.4, -0.2) is 42.4 Å². The summed E-state index contributed by atoms with van der Waals surface area (Å²) in [4.78, 5) is 40.4. The number of aryl methyl sites for hydroxylation is 1. The lowest BCUT2D eigenvalue weighted by atomic mass is 10.1. The normalized spacial score (nSPS) is 12.6. The number of nitrogens with one attached hydrogen (secondary N) is 1. The van der Waals surface area contributed by atoms with Crippen LogP contribution < -0.4 is 10.1 Å². The van der Waals surface area contributed by atoms with Crippen LogP contribution in [0.25, 0.3) is 6.08 Å². The van der Waals surface area contributed by atoms with Gasteiger partial charge in [0.1, 0.15) is 16.8 Å². The fourth-order valence-electron chi connectivity index (χ4n) is 2.33. The number of hydrogen-bond acceptors (Lipinski definition) is 8. The Bertz CT molecular complexity index is 975. The van der Waals surface area contributed by atoms with Gasteiger partial charge in [-0.2, -0.15) is 5.26 Å². The Labute approximate surface area is 178 Å². The van der Waals surface area contributed by atoms with E-state index in [1.54, 1.807) is 49.8 Å². The molecule has 9 heteroatoms. The van der Waals surface area contributed by atoms with Crippen molar-refractivity contribution in [1.82, 2.24) is 10.3 Å². The van der Waals surface area contributed by atoms with Crippen LogP contribution >= 0.6 is 11.3 Å². The maximum Gasteiger partial charge on any atom is 0.328 e. The molecular formula is C21H21N3O5S. The second kappa shape index (κ2) is 10.9. The Morgan fingerprint density at radius 3 is 2.57 bits per heavy atom. The van der Waals surface area contributed by atoms with Gasteiger partial charge in [-0.25, -0.2) is 9.78 Å². The number of Topliss-reactive ketones (excluding diaryl/α,β-unsaturated/α-hetero) is 1. The number of nitrogens with zero attached hydrogens (tertiary/aromatic N) is 2. The molecule has 1 aromatic carbocycles. The van der Waals surface area contributed by atoms with Crippen molar-refractivity contribution >= 4 is 35.1 Å². The monoisotopic (exact) mass is 427 g/mol. The van der Waals surface area contributed by atoms with Crippen LogP contribution in [0.4, 0.5) is 0 Å². The minimum absolute atomic E-state index is 0.362. The van der Waals surface area contributed by atoms with Crippen LogP contribution in [0.15, 0.2) is 35.7 Å². The average molecular weight is 427 g/mol. The fourth-order valence-corrected chi connectivity index (χ4v) is 3.19. The van der Waals surface area contributed by atoms with Gasteiger partial charge in [-0.15, -0.1) is 11.3 Å². The minimum atomic E-state index is -1.09. The topological polar surface area (TPSA) is 118 Å². The molecule has 8 nitrogen and oxygen atoms in total. The predicted molar refractivity (Wildman–Crippen MR) is 111 cm³/mol. The number of ketones is 1. The van der Waals surface area contributed by atoms with Crippen LogP contribution in [0.2, 0.25) is 0 Å². The first-order valence-corrected chi connectivity index (χ1v) is 9.85. The maximum absolute atomic E-state index is 12.2. The van der Waals surface area contributed by atoms with Crippen molar-refractivity contribution in [1.29, 1.82) is 5.26 Å². The number of rotatable bonds is 9. The first-order chi connectivity index (χ1) is 14.3. The van der Waals surface area contributed by atoms with Gasteiger partial charge in [-0.3, -0.25) is 9.59 Å². The van der Waals surface area contributed by atoms with Crippen LogP contribution in [0.3, 0.4) is 0 Å². The Kier molecular flexibility index (Phi) is 8.26. The summed E-state index contributed by atoms with van der Waals surface area (Å²) in [6.07, 6.45) is 2.87. The van der Waals surface area contributed by atoms with E-state index in [1.165, 1.54) is 24.3 Å². The number of ether oxygens (including phenoxy) is 2. The van der Waals surface area contributed by atoms with Crippen LogP contribution in [0.5, 0.6) is 5.75 Å². The smallest absolute Gasteiger partial charge is 0.328 e. The van der Waals surface area contributed by atoms with Gasteiger partial charge in [0.25, 0.3) is 0 Å². The molecule has 1 amide bonds. The van der Waals surface area contributed by atoms with Crippen molar-refractivity contribution in [3.63, 3.8) is 0 Å². The molecule has 0 aliphatic carbocycles. The second-order valence-electron chi connectivity index (χ2n) is 6.30. The molecule has 0 saturated carbocycles. The molecule has 2 aromatic rings. The number of carbonyl (C=O) groups excluding carboxylic acids is 3. The largest absolute Gasteiger partial charge is 0.497 e. The van der Waals surface area contributed by atoms with E-state index in [1.807, 2.05) is 6.07 Å². The van der Waals surface area contributed by atoms with Crippen molar-refractivity contribution < 1.29 is 23.9 Å².